The largest absolute Gasteiger partial charge is 0.444 e. The molecular formula is C14H15N5O3. The molecule has 8 nitrogen and oxygen atoms in total. The standard InChI is InChI=1S/C14H15N5O3/c15-12-11-9(14-16-3-4-21-14)5-19(13(11)18-7-17-12)10-2-1-8(6-20)22-10/h3-5,7-8,10,20H,1-2,6H2,(H2,15,17,18). The quantitative estimate of drug-likeness (QED) is 0.750. The summed E-state index contributed by atoms with van der Waals surface area (Å²) in [5.74, 6) is 0.829. The second kappa shape index (κ2) is 5.08. The van der Waals surface area contributed by atoms with E-state index in [0.717, 1.165) is 18.4 Å². The molecular weight excluding hydrogens is 286 g/mol. The molecule has 1 aliphatic rings. The Bertz CT molecular complexity index is 798. The molecule has 3 N–H and O–H groups in total. The lowest BCUT2D eigenvalue weighted by molar-refractivity contribution is -0.0204. The first kappa shape index (κ1) is 13.2. The molecule has 2 unspecified atom stereocenters. The molecule has 1 aliphatic heterocycles. The first-order valence-electron chi connectivity index (χ1n) is 7.05. The van der Waals surface area contributed by atoms with Gasteiger partial charge < -0.3 is 24.6 Å². The molecule has 1 saturated heterocycles. The highest BCUT2D eigenvalue weighted by atomic mass is 16.5. The van der Waals surface area contributed by atoms with E-state index < -0.39 is 0 Å². The number of hydrogen-bond donors (Lipinski definition) is 2. The van der Waals surface area contributed by atoms with Gasteiger partial charge in [0.2, 0.25) is 5.89 Å². The Kier molecular flexibility index (Phi) is 3.05. The Morgan fingerprint density at radius 2 is 2.23 bits per heavy atom. The van der Waals surface area contributed by atoms with E-state index in [1.807, 2.05) is 10.8 Å². The van der Waals surface area contributed by atoms with E-state index in [4.69, 9.17) is 14.9 Å². The van der Waals surface area contributed by atoms with E-state index in [9.17, 15) is 5.11 Å². The zero-order chi connectivity index (χ0) is 15.1. The molecule has 0 aliphatic carbocycles. The molecule has 22 heavy (non-hydrogen) atoms. The normalized spacial score (nSPS) is 21.7. The first-order chi connectivity index (χ1) is 10.8. The highest BCUT2D eigenvalue weighted by Crippen LogP contribution is 2.37. The van der Waals surface area contributed by atoms with Gasteiger partial charge >= 0.3 is 0 Å². The number of nitrogens with two attached hydrogens (primary N) is 1. The molecule has 0 spiro atoms. The predicted molar refractivity (Wildman–Crippen MR) is 77.7 cm³/mol. The number of ether oxygens (including phenoxy) is 1. The maximum absolute atomic E-state index is 9.24. The Morgan fingerprint density at radius 1 is 1.32 bits per heavy atom. The molecule has 114 valence electrons. The number of aliphatic hydroxyl groups is 1. The van der Waals surface area contributed by atoms with Crippen LogP contribution in [0, 0.1) is 0 Å². The van der Waals surface area contributed by atoms with E-state index in [1.165, 1.54) is 12.6 Å². The Hall–Kier alpha value is -2.45. The molecule has 3 aromatic rings. The van der Waals surface area contributed by atoms with Crippen molar-refractivity contribution in [3.8, 4) is 11.5 Å². The van der Waals surface area contributed by atoms with Crippen LogP contribution in [0.15, 0.2) is 29.4 Å². The second-order valence-corrected chi connectivity index (χ2v) is 5.22. The zero-order valence-electron chi connectivity index (χ0n) is 11.7. The third-order valence-electron chi connectivity index (χ3n) is 3.90. The van der Waals surface area contributed by atoms with Gasteiger partial charge in [-0.2, -0.15) is 0 Å². The summed E-state index contributed by atoms with van der Waals surface area (Å²) in [5.41, 5.74) is 7.42. The lowest BCUT2D eigenvalue weighted by Gasteiger charge is -2.14. The van der Waals surface area contributed by atoms with Crippen molar-refractivity contribution in [2.24, 2.45) is 0 Å². The van der Waals surface area contributed by atoms with Gasteiger partial charge in [0.05, 0.1) is 29.9 Å². The molecule has 4 rings (SSSR count). The van der Waals surface area contributed by atoms with Crippen molar-refractivity contribution in [3.63, 3.8) is 0 Å². The lowest BCUT2D eigenvalue weighted by Crippen LogP contribution is -2.14. The molecule has 0 bridgehead atoms. The van der Waals surface area contributed by atoms with Gasteiger partial charge in [0, 0.05) is 6.20 Å². The van der Waals surface area contributed by atoms with E-state index >= 15 is 0 Å². The minimum Gasteiger partial charge on any atom is -0.444 e. The fourth-order valence-corrected chi connectivity index (χ4v) is 2.87. The Morgan fingerprint density at radius 3 is 2.95 bits per heavy atom. The number of aromatic nitrogens is 4. The van der Waals surface area contributed by atoms with Crippen LogP contribution in [0.2, 0.25) is 0 Å². The SMILES string of the molecule is Nc1ncnc2c1c(-c1ncco1)cn2C1CCC(CO)O1. The summed E-state index contributed by atoms with van der Waals surface area (Å²) < 4.78 is 13.1. The molecule has 8 heteroatoms. The van der Waals surface area contributed by atoms with E-state index in [1.54, 1.807) is 6.20 Å². The zero-order valence-corrected chi connectivity index (χ0v) is 11.7. The number of hydrogen-bond acceptors (Lipinski definition) is 7. The van der Waals surface area contributed by atoms with Crippen LogP contribution in [0.4, 0.5) is 5.82 Å². The topological polar surface area (TPSA) is 112 Å². The molecule has 1 fully saturated rings. The van der Waals surface area contributed by atoms with Crippen molar-refractivity contribution >= 4 is 16.9 Å². The average Bonchev–Trinajstić information content (AvgIpc) is 3.26. The summed E-state index contributed by atoms with van der Waals surface area (Å²) in [4.78, 5) is 12.6. The minimum atomic E-state index is -0.197. The smallest absolute Gasteiger partial charge is 0.228 e. The molecule has 0 aromatic carbocycles. The Balaban J connectivity index is 1.88. The van der Waals surface area contributed by atoms with Crippen LogP contribution in [0.1, 0.15) is 19.1 Å². The molecule has 2 atom stereocenters. The summed E-state index contributed by atoms with van der Waals surface area (Å²) in [5, 5.41) is 9.93. The number of oxazole rings is 1. The predicted octanol–water partition coefficient (Wildman–Crippen LogP) is 1.34. The van der Waals surface area contributed by atoms with Gasteiger partial charge in [0.25, 0.3) is 0 Å². The minimum absolute atomic E-state index is 0.0133. The highest BCUT2D eigenvalue weighted by molar-refractivity contribution is 5.98. The van der Waals surface area contributed by atoms with Crippen molar-refractivity contribution in [1.82, 2.24) is 19.5 Å². The van der Waals surface area contributed by atoms with Crippen molar-refractivity contribution in [2.75, 3.05) is 12.3 Å². The fourth-order valence-electron chi connectivity index (χ4n) is 2.87. The van der Waals surface area contributed by atoms with Crippen LogP contribution < -0.4 is 5.73 Å². The summed E-state index contributed by atoms with van der Waals surface area (Å²) in [6.07, 6.45) is 7.63. The summed E-state index contributed by atoms with van der Waals surface area (Å²) >= 11 is 0. The van der Waals surface area contributed by atoms with Gasteiger partial charge in [-0.3, -0.25) is 0 Å². The molecule has 0 radical (unpaired) electrons. The molecule has 4 heterocycles. The van der Waals surface area contributed by atoms with Crippen molar-refractivity contribution < 1.29 is 14.3 Å². The fraction of sp³-hybridized carbons (Fsp3) is 0.357. The summed E-state index contributed by atoms with van der Waals surface area (Å²) in [7, 11) is 0. The Labute approximate surface area is 125 Å². The molecule has 0 amide bonds. The molecule has 0 saturated carbocycles. The van der Waals surface area contributed by atoms with Gasteiger partial charge in [-0.25, -0.2) is 15.0 Å². The van der Waals surface area contributed by atoms with Crippen LogP contribution in [-0.2, 0) is 4.74 Å². The number of nitrogen functional groups attached to an aromatic ring is 1. The maximum atomic E-state index is 9.24. The second-order valence-electron chi connectivity index (χ2n) is 5.22. The number of aliphatic hydroxyl groups excluding tert-OH is 1. The van der Waals surface area contributed by atoms with Gasteiger partial charge in [-0.05, 0) is 12.8 Å². The first-order valence-corrected chi connectivity index (χ1v) is 7.05. The van der Waals surface area contributed by atoms with Crippen LogP contribution in [-0.4, -0.2) is 37.3 Å². The van der Waals surface area contributed by atoms with Crippen molar-refractivity contribution in [3.05, 3.63) is 25.0 Å². The van der Waals surface area contributed by atoms with E-state index in [0.29, 0.717) is 22.7 Å². The van der Waals surface area contributed by atoms with Crippen LogP contribution in [0.25, 0.3) is 22.5 Å². The number of fused-ring (bicyclic) bond motifs is 1. The number of rotatable bonds is 3. The van der Waals surface area contributed by atoms with E-state index in [2.05, 4.69) is 15.0 Å². The maximum Gasteiger partial charge on any atom is 0.228 e. The van der Waals surface area contributed by atoms with Crippen LogP contribution >= 0.6 is 0 Å². The van der Waals surface area contributed by atoms with Gasteiger partial charge in [0.1, 0.15) is 30.3 Å². The van der Waals surface area contributed by atoms with Gasteiger partial charge in [0.15, 0.2) is 0 Å². The van der Waals surface area contributed by atoms with Crippen molar-refractivity contribution in [1.29, 1.82) is 0 Å². The van der Waals surface area contributed by atoms with E-state index in [-0.39, 0.29) is 18.9 Å². The summed E-state index contributed by atoms with van der Waals surface area (Å²) in [6.45, 7) is 0.0133. The lowest BCUT2D eigenvalue weighted by atomic mass is 10.2. The average molecular weight is 301 g/mol. The molecule has 3 aromatic heterocycles. The van der Waals surface area contributed by atoms with Gasteiger partial charge in [-0.15, -0.1) is 0 Å². The number of nitrogens with zero attached hydrogens (tertiary/aromatic N) is 4. The summed E-state index contributed by atoms with van der Waals surface area (Å²) in [6, 6.07) is 0. The highest BCUT2D eigenvalue weighted by Gasteiger charge is 2.29. The third-order valence-corrected chi connectivity index (χ3v) is 3.90. The monoisotopic (exact) mass is 301 g/mol. The van der Waals surface area contributed by atoms with Crippen molar-refractivity contribution in [2.45, 2.75) is 25.2 Å². The number of anilines is 1. The van der Waals surface area contributed by atoms with Crippen LogP contribution in [0.3, 0.4) is 0 Å². The third kappa shape index (κ3) is 1.96. The van der Waals surface area contributed by atoms with Crippen LogP contribution in [0.5, 0.6) is 0 Å². The van der Waals surface area contributed by atoms with Gasteiger partial charge in [-0.1, -0.05) is 0 Å².